The summed E-state index contributed by atoms with van der Waals surface area (Å²) in [6.07, 6.45) is -4.45. The number of carboxylic acid groups (broad SMARTS) is 1. The number of rotatable bonds is 8. The Kier molecular flexibility index (Phi) is 7.89. The van der Waals surface area contributed by atoms with Crippen LogP contribution in [0.2, 0.25) is 0 Å². The topological polar surface area (TPSA) is 113 Å². The molecule has 0 aromatic heterocycles. The molecule has 2 N–H and O–H groups in total. The molecule has 1 atom stereocenters. The SMILES string of the molecule is COc1ccc(C(F)(F)F)cc1-c1ccc(S(=O)(=O)N2c3ccccc3C[C@H]2C(=O)NCc2ccc(C(=O)O)cc2)cc1. The Morgan fingerprint density at radius 2 is 1.65 bits per heavy atom. The van der Waals surface area contributed by atoms with Crippen molar-refractivity contribution >= 4 is 27.6 Å². The summed E-state index contributed by atoms with van der Waals surface area (Å²) in [5, 5.41) is 11.8. The van der Waals surface area contributed by atoms with Crippen molar-refractivity contribution in [1.29, 1.82) is 0 Å². The number of nitrogens with one attached hydrogen (secondary N) is 1. The molecule has 1 amide bonds. The Labute approximate surface area is 245 Å². The van der Waals surface area contributed by atoms with Gasteiger partial charge in [0.15, 0.2) is 0 Å². The van der Waals surface area contributed by atoms with Gasteiger partial charge in [-0.3, -0.25) is 9.10 Å². The van der Waals surface area contributed by atoms with E-state index in [1.807, 2.05) is 0 Å². The molecule has 0 radical (unpaired) electrons. The van der Waals surface area contributed by atoms with Gasteiger partial charge < -0.3 is 15.2 Å². The van der Waals surface area contributed by atoms with E-state index in [4.69, 9.17) is 9.84 Å². The fraction of sp³-hybridized carbons (Fsp3) is 0.161. The maximum absolute atomic E-state index is 14.0. The summed E-state index contributed by atoms with van der Waals surface area (Å²) in [4.78, 5) is 24.3. The Hall–Kier alpha value is -4.84. The second-order valence-electron chi connectivity index (χ2n) is 9.81. The molecule has 0 spiro atoms. The molecule has 12 heteroatoms. The number of sulfonamides is 1. The van der Waals surface area contributed by atoms with Gasteiger partial charge in [0, 0.05) is 18.5 Å². The van der Waals surface area contributed by atoms with Crippen molar-refractivity contribution in [3.63, 3.8) is 0 Å². The maximum atomic E-state index is 14.0. The minimum absolute atomic E-state index is 0.0486. The first kappa shape index (κ1) is 29.6. The zero-order chi connectivity index (χ0) is 30.9. The molecule has 1 aliphatic rings. The Morgan fingerprint density at radius 1 is 0.977 bits per heavy atom. The van der Waals surface area contributed by atoms with Crippen molar-refractivity contribution in [1.82, 2.24) is 5.32 Å². The number of carbonyl (C=O) groups excluding carboxylic acids is 1. The first-order chi connectivity index (χ1) is 20.4. The number of carbonyl (C=O) groups is 2. The number of nitrogens with zero attached hydrogens (tertiary/aromatic N) is 1. The van der Waals surface area contributed by atoms with E-state index in [1.54, 1.807) is 36.4 Å². The van der Waals surface area contributed by atoms with Gasteiger partial charge in [0.2, 0.25) is 5.91 Å². The van der Waals surface area contributed by atoms with E-state index < -0.39 is 39.7 Å². The lowest BCUT2D eigenvalue weighted by Gasteiger charge is -2.26. The van der Waals surface area contributed by atoms with Crippen molar-refractivity contribution in [3.8, 4) is 16.9 Å². The van der Waals surface area contributed by atoms with E-state index in [9.17, 15) is 31.2 Å². The number of carboxylic acids is 1. The minimum atomic E-state index is -4.58. The number of hydrogen-bond donors (Lipinski definition) is 2. The van der Waals surface area contributed by atoms with E-state index in [1.165, 1.54) is 49.6 Å². The van der Waals surface area contributed by atoms with Crippen LogP contribution in [0, 0.1) is 0 Å². The fourth-order valence-corrected chi connectivity index (χ4v) is 6.61. The molecule has 43 heavy (non-hydrogen) atoms. The molecule has 1 aliphatic heterocycles. The van der Waals surface area contributed by atoms with Gasteiger partial charge >= 0.3 is 12.1 Å². The van der Waals surface area contributed by atoms with Crippen LogP contribution in [0.3, 0.4) is 0 Å². The molecule has 0 aliphatic carbocycles. The van der Waals surface area contributed by atoms with Gasteiger partial charge in [0.1, 0.15) is 11.8 Å². The molecule has 5 rings (SSSR count). The smallest absolute Gasteiger partial charge is 0.416 e. The van der Waals surface area contributed by atoms with Gasteiger partial charge in [0.05, 0.1) is 28.8 Å². The predicted octanol–water partition coefficient (Wildman–Crippen LogP) is 5.52. The molecule has 1 heterocycles. The maximum Gasteiger partial charge on any atom is 0.416 e. The van der Waals surface area contributed by atoms with E-state index in [0.717, 1.165) is 16.4 Å². The number of halogens is 3. The number of fused-ring (bicyclic) bond motifs is 1. The van der Waals surface area contributed by atoms with Crippen molar-refractivity contribution in [2.75, 3.05) is 11.4 Å². The van der Waals surface area contributed by atoms with Crippen LogP contribution in [0.15, 0.2) is 95.9 Å². The highest BCUT2D eigenvalue weighted by Gasteiger charge is 2.42. The minimum Gasteiger partial charge on any atom is -0.496 e. The zero-order valence-corrected chi connectivity index (χ0v) is 23.4. The molecular weight excluding hydrogens is 585 g/mol. The monoisotopic (exact) mass is 610 g/mol. The number of alkyl halides is 3. The lowest BCUT2D eigenvalue weighted by atomic mass is 10.0. The Balaban J connectivity index is 1.43. The molecule has 0 saturated carbocycles. The van der Waals surface area contributed by atoms with Gasteiger partial charge in [-0.2, -0.15) is 13.2 Å². The van der Waals surface area contributed by atoms with E-state index in [-0.39, 0.29) is 34.7 Å². The third-order valence-electron chi connectivity index (χ3n) is 7.14. The summed E-state index contributed by atoms with van der Waals surface area (Å²) in [5.74, 6) is -1.44. The van der Waals surface area contributed by atoms with Crippen LogP contribution in [-0.2, 0) is 34.0 Å². The first-order valence-corrected chi connectivity index (χ1v) is 14.4. The van der Waals surface area contributed by atoms with Gasteiger partial charge in [-0.25, -0.2) is 13.2 Å². The van der Waals surface area contributed by atoms with E-state index >= 15 is 0 Å². The second-order valence-corrected chi connectivity index (χ2v) is 11.6. The summed E-state index contributed by atoms with van der Waals surface area (Å²) < 4.78 is 74.3. The lowest BCUT2D eigenvalue weighted by molar-refractivity contribution is -0.137. The van der Waals surface area contributed by atoms with Crippen molar-refractivity contribution in [2.45, 2.75) is 30.1 Å². The predicted molar refractivity (Wildman–Crippen MR) is 152 cm³/mol. The van der Waals surface area contributed by atoms with Crippen LogP contribution in [0.1, 0.15) is 27.0 Å². The first-order valence-electron chi connectivity index (χ1n) is 13.0. The average molecular weight is 611 g/mol. The van der Waals surface area contributed by atoms with Gasteiger partial charge in [-0.15, -0.1) is 0 Å². The second kappa shape index (κ2) is 11.4. The summed E-state index contributed by atoms with van der Waals surface area (Å²) >= 11 is 0. The highest BCUT2D eigenvalue weighted by molar-refractivity contribution is 7.93. The van der Waals surface area contributed by atoms with Gasteiger partial charge in [-0.1, -0.05) is 42.5 Å². The largest absolute Gasteiger partial charge is 0.496 e. The number of anilines is 1. The molecule has 4 aromatic rings. The standard InChI is InChI=1S/C31H25F3N2O6S/c1-42-28-15-12-23(31(32,33)34)17-25(28)20-10-13-24(14-11-20)43(40,41)36-26-5-3-2-4-22(26)16-27(36)29(37)35-18-19-6-8-21(9-7-19)30(38)39/h2-15,17,27H,16,18H2,1H3,(H,35,37)(H,38,39)/t27-/m0/s1. The molecule has 0 bridgehead atoms. The molecule has 0 unspecified atom stereocenters. The van der Waals surface area contributed by atoms with Crippen molar-refractivity contribution < 1.29 is 41.0 Å². The number of aromatic carboxylic acids is 1. The normalized spacial score (nSPS) is 14.7. The number of hydrogen-bond acceptors (Lipinski definition) is 5. The summed E-state index contributed by atoms with van der Waals surface area (Å²) in [6, 6.07) is 20.0. The third kappa shape index (κ3) is 5.91. The molecule has 4 aromatic carbocycles. The molecule has 222 valence electrons. The summed E-state index contributed by atoms with van der Waals surface area (Å²) in [5.41, 5.74) is 1.30. The third-order valence-corrected chi connectivity index (χ3v) is 8.98. The number of ether oxygens (including phenoxy) is 1. The lowest BCUT2D eigenvalue weighted by Crippen LogP contribution is -2.47. The van der Waals surface area contributed by atoms with Gasteiger partial charge in [0.25, 0.3) is 10.0 Å². The quantitative estimate of drug-likeness (QED) is 0.272. The van der Waals surface area contributed by atoms with Crippen LogP contribution >= 0.6 is 0 Å². The van der Waals surface area contributed by atoms with Crippen molar-refractivity contribution in [3.05, 3.63) is 113 Å². The van der Waals surface area contributed by atoms with E-state index in [0.29, 0.717) is 22.4 Å². The Bertz CT molecular complexity index is 1790. The highest BCUT2D eigenvalue weighted by atomic mass is 32.2. The van der Waals surface area contributed by atoms with Crippen molar-refractivity contribution in [2.24, 2.45) is 0 Å². The average Bonchev–Trinajstić information content (AvgIpc) is 3.40. The highest BCUT2D eigenvalue weighted by Crippen LogP contribution is 2.39. The molecule has 0 fully saturated rings. The molecule has 0 saturated heterocycles. The van der Waals surface area contributed by atoms with Crippen LogP contribution in [0.5, 0.6) is 5.75 Å². The number of amides is 1. The van der Waals surface area contributed by atoms with Crippen LogP contribution < -0.4 is 14.4 Å². The van der Waals surface area contributed by atoms with Crippen LogP contribution in [-0.4, -0.2) is 38.6 Å². The molecular formula is C31H25F3N2O6S. The summed E-state index contributed by atoms with van der Waals surface area (Å²) in [6.45, 7) is 0.0486. The Morgan fingerprint density at radius 3 is 2.28 bits per heavy atom. The zero-order valence-electron chi connectivity index (χ0n) is 22.6. The number of methoxy groups -OCH3 is 1. The van der Waals surface area contributed by atoms with Crippen LogP contribution in [0.25, 0.3) is 11.1 Å². The summed E-state index contributed by atoms with van der Waals surface area (Å²) in [7, 11) is -2.97. The van der Waals surface area contributed by atoms with E-state index in [2.05, 4.69) is 5.32 Å². The van der Waals surface area contributed by atoms with Crippen LogP contribution in [0.4, 0.5) is 18.9 Å². The number of para-hydroxylation sites is 1. The van der Waals surface area contributed by atoms with Gasteiger partial charge in [-0.05, 0) is 65.2 Å². The fourth-order valence-electron chi connectivity index (χ4n) is 4.96. The molecule has 8 nitrogen and oxygen atoms in total. The number of benzene rings is 4.